The third-order valence-corrected chi connectivity index (χ3v) is 7.50. The highest BCUT2D eigenvalue weighted by Gasteiger charge is 2.27. The van der Waals surface area contributed by atoms with Gasteiger partial charge < -0.3 is 9.40 Å². The fourth-order valence-corrected chi connectivity index (χ4v) is 5.13. The van der Waals surface area contributed by atoms with Crippen LogP contribution >= 0.6 is 0 Å². The van der Waals surface area contributed by atoms with Crippen LogP contribution in [0.1, 0.15) is 43.2 Å². The van der Waals surface area contributed by atoms with Gasteiger partial charge in [0.15, 0.2) is 0 Å². The molecule has 1 N–H and O–H groups in total. The summed E-state index contributed by atoms with van der Waals surface area (Å²) in [6.07, 6.45) is 1.50. The third-order valence-electron chi connectivity index (χ3n) is 5.70. The van der Waals surface area contributed by atoms with Crippen molar-refractivity contribution in [3.05, 3.63) is 99.7 Å². The second-order valence-electron chi connectivity index (χ2n) is 9.34. The average Bonchev–Trinajstić information content (AvgIpc) is 3.26. The standard InChI is InChI=1S/C26H28N2O4S/c1-18-7-8-19-15-20(25(29)27-24(19)14-18)16-28(17-22-6-5-13-32-22)33(30,31)23-11-9-21(10-12-23)26(2,3)4/h5-15H,16-17H2,1-4H3,(H,27,29). The van der Waals surface area contributed by atoms with Crippen LogP contribution in [-0.2, 0) is 28.5 Å². The predicted octanol–water partition coefficient (Wildman–Crippen LogP) is 5.12. The van der Waals surface area contributed by atoms with E-state index >= 15 is 0 Å². The van der Waals surface area contributed by atoms with Crippen LogP contribution in [0, 0.1) is 6.92 Å². The number of nitrogens with zero attached hydrogens (tertiary/aromatic N) is 1. The number of aryl methyl sites for hydroxylation is 1. The number of benzene rings is 2. The van der Waals surface area contributed by atoms with Crippen LogP contribution in [0.25, 0.3) is 10.9 Å². The molecule has 4 rings (SSSR count). The fourth-order valence-electron chi connectivity index (χ4n) is 3.75. The molecule has 2 aromatic carbocycles. The first-order valence-corrected chi connectivity index (χ1v) is 12.2. The quantitative estimate of drug-likeness (QED) is 0.429. The number of hydrogen-bond acceptors (Lipinski definition) is 4. The molecule has 0 aliphatic rings. The first-order valence-electron chi connectivity index (χ1n) is 10.8. The molecule has 0 bridgehead atoms. The van der Waals surface area contributed by atoms with E-state index in [-0.39, 0.29) is 29.0 Å². The number of hydrogen-bond donors (Lipinski definition) is 1. The molecule has 33 heavy (non-hydrogen) atoms. The smallest absolute Gasteiger partial charge is 0.252 e. The summed E-state index contributed by atoms with van der Waals surface area (Å²) in [5.74, 6) is 0.498. The van der Waals surface area contributed by atoms with E-state index < -0.39 is 10.0 Å². The molecule has 4 aromatic rings. The summed E-state index contributed by atoms with van der Waals surface area (Å²) in [7, 11) is -3.89. The molecule has 0 fully saturated rings. The van der Waals surface area contributed by atoms with Gasteiger partial charge in [-0.05, 0) is 65.3 Å². The summed E-state index contributed by atoms with van der Waals surface area (Å²) < 4.78 is 33.9. The van der Waals surface area contributed by atoms with E-state index in [0.29, 0.717) is 11.3 Å². The van der Waals surface area contributed by atoms with Crippen molar-refractivity contribution in [2.24, 2.45) is 0 Å². The van der Waals surface area contributed by atoms with E-state index in [4.69, 9.17) is 4.42 Å². The van der Waals surface area contributed by atoms with E-state index in [2.05, 4.69) is 25.8 Å². The van der Waals surface area contributed by atoms with Crippen molar-refractivity contribution in [2.45, 2.75) is 51.1 Å². The lowest BCUT2D eigenvalue weighted by Crippen LogP contribution is -2.32. The number of pyridine rings is 1. The zero-order valence-electron chi connectivity index (χ0n) is 19.3. The molecule has 0 spiro atoms. The minimum Gasteiger partial charge on any atom is -0.468 e. The molecule has 0 saturated heterocycles. The zero-order chi connectivity index (χ0) is 23.8. The van der Waals surface area contributed by atoms with Gasteiger partial charge in [-0.1, -0.05) is 45.0 Å². The number of fused-ring (bicyclic) bond motifs is 1. The summed E-state index contributed by atoms with van der Waals surface area (Å²) >= 11 is 0. The molecule has 0 aliphatic heterocycles. The Kier molecular flexibility index (Phi) is 6.03. The third kappa shape index (κ3) is 4.94. The van der Waals surface area contributed by atoms with Gasteiger partial charge in [-0.2, -0.15) is 4.31 Å². The van der Waals surface area contributed by atoms with Gasteiger partial charge in [0.05, 0.1) is 17.7 Å². The van der Waals surface area contributed by atoms with Crippen LogP contribution in [0.15, 0.2) is 81.0 Å². The second kappa shape index (κ2) is 8.65. The van der Waals surface area contributed by atoms with Crippen LogP contribution in [-0.4, -0.2) is 17.7 Å². The largest absolute Gasteiger partial charge is 0.468 e. The van der Waals surface area contributed by atoms with E-state index in [1.165, 1.54) is 10.6 Å². The van der Waals surface area contributed by atoms with Gasteiger partial charge in [0.2, 0.25) is 10.0 Å². The molecule has 6 nitrogen and oxygen atoms in total. The van der Waals surface area contributed by atoms with Gasteiger partial charge in [0.25, 0.3) is 5.56 Å². The molecule has 0 unspecified atom stereocenters. The summed E-state index contributed by atoms with van der Waals surface area (Å²) in [6, 6.07) is 17.9. The molecule has 172 valence electrons. The van der Waals surface area contributed by atoms with Crippen LogP contribution in [0.4, 0.5) is 0 Å². The minimum absolute atomic E-state index is 0.0156. The Labute approximate surface area is 193 Å². The van der Waals surface area contributed by atoms with Crippen LogP contribution in [0.2, 0.25) is 0 Å². The second-order valence-corrected chi connectivity index (χ2v) is 11.3. The van der Waals surface area contributed by atoms with Gasteiger partial charge in [0, 0.05) is 17.6 Å². The van der Waals surface area contributed by atoms with E-state index in [1.807, 2.05) is 37.3 Å². The van der Waals surface area contributed by atoms with Crippen LogP contribution < -0.4 is 5.56 Å². The van der Waals surface area contributed by atoms with Crippen molar-refractivity contribution < 1.29 is 12.8 Å². The van der Waals surface area contributed by atoms with Gasteiger partial charge in [-0.3, -0.25) is 4.79 Å². The molecule has 0 atom stereocenters. The van der Waals surface area contributed by atoms with E-state index in [1.54, 1.807) is 30.3 Å². The Bertz CT molecular complexity index is 1430. The normalized spacial score (nSPS) is 12.5. The summed E-state index contributed by atoms with van der Waals surface area (Å²) in [5.41, 5.74) is 2.77. The Morgan fingerprint density at radius 1 is 0.970 bits per heavy atom. The topological polar surface area (TPSA) is 83.4 Å². The highest BCUT2D eigenvalue weighted by molar-refractivity contribution is 7.89. The van der Waals surface area contributed by atoms with E-state index in [0.717, 1.165) is 22.0 Å². The van der Waals surface area contributed by atoms with Crippen molar-refractivity contribution in [1.82, 2.24) is 9.29 Å². The number of furan rings is 1. The predicted molar refractivity (Wildman–Crippen MR) is 130 cm³/mol. The van der Waals surface area contributed by atoms with Crippen molar-refractivity contribution in [2.75, 3.05) is 0 Å². The van der Waals surface area contributed by atoms with Crippen molar-refractivity contribution in [3.8, 4) is 0 Å². The molecular formula is C26H28N2O4S. The maximum Gasteiger partial charge on any atom is 0.252 e. The molecule has 0 amide bonds. The molecule has 0 saturated carbocycles. The number of rotatable bonds is 6. The highest BCUT2D eigenvalue weighted by atomic mass is 32.2. The Morgan fingerprint density at radius 2 is 1.70 bits per heavy atom. The maximum absolute atomic E-state index is 13.6. The average molecular weight is 465 g/mol. The minimum atomic E-state index is -3.89. The number of aromatic amines is 1. The SMILES string of the molecule is Cc1ccc2cc(CN(Cc3ccco3)S(=O)(=O)c3ccc(C(C)(C)C)cc3)c(=O)[nH]c2c1. The van der Waals surface area contributed by atoms with Gasteiger partial charge >= 0.3 is 0 Å². The Morgan fingerprint density at radius 3 is 2.33 bits per heavy atom. The Hall–Kier alpha value is -3.16. The first kappa shape index (κ1) is 23.0. The van der Waals surface area contributed by atoms with Gasteiger partial charge in [-0.15, -0.1) is 0 Å². The maximum atomic E-state index is 13.6. The number of H-pyrrole nitrogens is 1. The molecule has 2 heterocycles. The van der Waals surface area contributed by atoms with Gasteiger partial charge in [0.1, 0.15) is 5.76 Å². The van der Waals surface area contributed by atoms with Gasteiger partial charge in [-0.25, -0.2) is 8.42 Å². The van der Waals surface area contributed by atoms with Crippen LogP contribution in [0.5, 0.6) is 0 Å². The zero-order valence-corrected chi connectivity index (χ0v) is 20.1. The van der Waals surface area contributed by atoms with Crippen molar-refractivity contribution in [1.29, 1.82) is 0 Å². The summed E-state index contributed by atoms with van der Waals surface area (Å²) in [5, 5.41) is 0.847. The van der Waals surface area contributed by atoms with Crippen molar-refractivity contribution in [3.63, 3.8) is 0 Å². The van der Waals surface area contributed by atoms with Crippen LogP contribution in [0.3, 0.4) is 0 Å². The molecule has 0 aliphatic carbocycles. The first-order chi connectivity index (χ1) is 15.5. The lowest BCUT2D eigenvalue weighted by atomic mass is 9.87. The molecule has 7 heteroatoms. The fraction of sp³-hybridized carbons (Fsp3) is 0.269. The Balaban J connectivity index is 1.74. The monoisotopic (exact) mass is 464 g/mol. The summed E-state index contributed by atoms with van der Waals surface area (Å²) in [4.78, 5) is 15.9. The number of nitrogens with one attached hydrogen (secondary N) is 1. The molecule has 0 radical (unpaired) electrons. The number of aromatic nitrogens is 1. The molecular weight excluding hydrogens is 436 g/mol. The summed E-state index contributed by atoms with van der Waals surface area (Å²) in [6.45, 7) is 8.12. The number of sulfonamides is 1. The van der Waals surface area contributed by atoms with E-state index in [9.17, 15) is 13.2 Å². The lowest BCUT2D eigenvalue weighted by Gasteiger charge is -2.23. The van der Waals surface area contributed by atoms with Crippen molar-refractivity contribution >= 4 is 20.9 Å². The molecule has 2 aromatic heterocycles. The lowest BCUT2D eigenvalue weighted by molar-refractivity contribution is 0.357. The highest BCUT2D eigenvalue weighted by Crippen LogP contribution is 2.26.